The second kappa shape index (κ2) is 5.40. The maximum atomic E-state index is 10.9. The Morgan fingerprint density at radius 2 is 2.00 bits per heavy atom. The number of hydrogen-bond acceptors (Lipinski definition) is 7. The molecule has 0 bridgehead atoms. The van der Waals surface area contributed by atoms with Crippen LogP contribution in [0.5, 0.6) is 0 Å². The minimum atomic E-state index is -1.27. The smallest absolute Gasteiger partial charge is 0.337 e. The van der Waals surface area contributed by atoms with Crippen molar-refractivity contribution in [2.24, 2.45) is 0 Å². The van der Waals surface area contributed by atoms with E-state index in [9.17, 15) is 14.9 Å². The van der Waals surface area contributed by atoms with Gasteiger partial charge in [0.05, 0.1) is 10.5 Å². The predicted molar refractivity (Wildman–Crippen MR) is 64.0 cm³/mol. The van der Waals surface area contributed by atoms with E-state index in [1.54, 1.807) is 6.07 Å². The Balaban J connectivity index is 2.40. The van der Waals surface area contributed by atoms with Gasteiger partial charge < -0.3 is 5.11 Å². The van der Waals surface area contributed by atoms with Crippen molar-refractivity contribution >= 4 is 23.4 Å². The molecule has 0 aliphatic rings. The maximum absolute atomic E-state index is 10.9. The van der Waals surface area contributed by atoms with Crippen LogP contribution < -0.4 is 0 Å². The summed E-state index contributed by atoms with van der Waals surface area (Å²) in [6, 6.07) is 2.57. The van der Waals surface area contributed by atoms with Gasteiger partial charge in [-0.15, -0.1) is 0 Å². The van der Waals surface area contributed by atoms with Gasteiger partial charge in [0.1, 0.15) is 0 Å². The molecular formula is C10H6N4O4S. The molecule has 8 nitrogen and oxygen atoms in total. The average molecular weight is 278 g/mol. The Labute approximate surface area is 110 Å². The van der Waals surface area contributed by atoms with Crippen LogP contribution in [0.4, 0.5) is 5.69 Å². The highest BCUT2D eigenvalue weighted by Crippen LogP contribution is 2.31. The summed E-state index contributed by atoms with van der Waals surface area (Å²) in [7, 11) is 0. The van der Waals surface area contributed by atoms with E-state index in [0.717, 1.165) is 24.0 Å². The van der Waals surface area contributed by atoms with E-state index in [1.165, 1.54) is 12.4 Å². The molecule has 2 rings (SSSR count). The average Bonchev–Trinajstić information content (AvgIpc) is 2.39. The van der Waals surface area contributed by atoms with Crippen LogP contribution >= 0.6 is 11.8 Å². The lowest BCUT2D eigenvalue weighted by Crippen LogP contribution is -2.01. The molecule has 2 aromatic rings. The van der Waals surface area contributed by atoms with E-state index >= 15 is 0 Å². The molecule has 0 aliphatic carbocycles. The summed E-state index contributed by atoms with van der Waals surface area (Å²) in [6.45, 7) is 0. The third-order valence-electron chi connectivity index (χ3n) is 2.01. The van der Waals surface area contributed by atoms with Gasteiger partial charge in [-0.3, -0.25) is 10.1 Å². The Hall–Kier alpha value is -2.55. The molecule has 0 atom stereocenters. The van der Waals surface area contributed by atoms with E-state index < -0.39 is 16.6 Å². The first-order valence-electron chi connectivity index (χ1n) is 4.90. The topological polar surface area (TPSA) is 119 Å². The number of aromatic carboxylic acids is 1. The summed E-state index contributed by atoms with van der Waals surface area (Å²) in [5, 5.41) is 20.0. The van der Waals surface area contributed by atoms with E-state index in [-0.39, 0.29) is 10.6 Å². The van der Waals surface area contributed by atoms with Gasteiger partial charge in [0.2, 0.25) is 0 Å². The molecule has 1 N–H and O–H groups in total. The summed E-state index contributed by atoms with van der Waals surface area (Å²) in [6.07, 6.45) is 4.04. The molecule has 0 aliphatic heterocycles. The van der Waals surface area contributed by atoms with Gasteiger partial charge in [-0.1, -0.05) is 0 Å². The first kappa shape index (κ1) is 12.9. The Bertz CT molecular complexity index is 635. The van der Waals surface area contributed by atoms with Gasteiger partial charge in [-0.2, -0.15) is 0 Å². The number of aromatic nitrogens is 3. The molecule has 19 heavy (non-hydrogen) atoms. The summed E-state index contributed by atoms with van der Waals surface area (Å²) < 4.78 is 0. The fourth-order valence-electron chi connectivity index (χ4n) is 1.19. The minimum absolute atomic E-state index is 0.0428. The van der Waals surface area contributed by atoms with Crippen molar-refractivity contribution in [3.63, 3.8) is 0 Å². The van der Waals surface area contributed by atoms with Crippen molar-refractivity contribution in [2.75, 3.05) is 0 Å². The van der Waals surface area contributed by atoms with Crippen LogP contribution in [0.3, 0.4) is 0 Å². The van der Waals surface area contributed by atoms with Gasteiger partial charge in [0, 0.05) is 24.7 Å². The lowest BCUT2D eigenvalue weighted by molar-refractivity contribution is -0.388. The van der Waals surface area contributed by atoms with Crippen LogP contribution in [-0.4, -0.2) is 31.0 Å². The summed E-state index contributed by atoms with van der Waals surface area (Å²) >= 11 is 0.895. The van der Waals surface area contributed by atoms with Gasteiger partial charge in [0.25, 0.3) is 0 Å². The Morgan fingerprint density at radius 1 is 1.32 bits per heavy atom. The molecule has 96 valence electrons. The number of carboxylic acid groups (broad SMARTS) is 1. The standard InChI is InChI=1S/C10H6N4O4S/c15-9(16)6-4-7(14(17)18)8(13-5-6)19-10-11-2-1-3-12-10/h1-5H,(H,15,16). The third kappa shape index (κ3) is 3.01. The number of carboxylic acids is 1. The molecule has 0 radical (unpaired) electrons. The predicted octanol–water partition coefficient (Wildman–Crippen LogP) is 1.63. The second-order valence-electron chi connectivity index (χ2n) is 3.24. The van der Waals surface area contributed by atoms with Gasteiger partial charge >= 0.3 is 11.7 Å². The maximum Gasteiger partial charge on any atom is 0.337 e. The van der Waals surface area contributed by atoms with E-state index in [2.05, 4.69) is 15.0 Å². The Morgan fingerprint density at radius 3 is 2.58 bits per heavy atom. The number of pyridine rings is 1. The van der Waals surface area contributed by atoms with Crippen molar-refractivity contribution in [2.45, 2.75) is 10.2 Å². The van der Waals surface area contributed by atoms with Crippen LogP contribution in [-0.2, 0) is 0 Å². The third-order valence-corrected chi connectivity index (χ3v) is 2.91. The van der Waals surface area contributed by atoms with Gasteiger partial charge in [-0.25, -0.2) is 19.7 Å². The van der Waals surface area contributed by atoms with Crippen molar-refractivity contribution in [3.05, 3.63) is 46.4 Å². The number of nitro groups is 1. The van der Waals surface area contributed by atoms with E-state index in [4.69, 9.17) is 5.11 Å². The number of nitrogens with zero attached hydrogens (tertiary/aromatic N) is 4. The molecular weight excluding hydrogens is 272 g/mol. The summed E-state index contributed by atoms with van der Waals surface area (Å²) in [5.41, 5.74) is -0.637. The highest BCUT2D eigenvalue weighted by Gasteiger charge is 2.20. The van der Waals surface area contributed by atoms with E-state index in [0.29, 0.717) is 5.16 Å². The zero-order valence-electron chi connectivity index (χ0n) is 9.26. The summed E-state index contributed by atoms with van der Waals surface area (Å²) in [5.74, 6) is -1.27. The minimum Gasteiger partial charge on any atom is -0.478 e. The number of carbonyl (C=O) groups is 1. The number of hydrogen-bond donors (Lipinski definition) is 1. The molecule has 2 aromatic heterocycles. The molecule has 0 unspecified atom stereocenters. The lowest BCUT2D eigenvalue weighted by atomic mass is 10.3. The fourth-order valence-corrected chi connectivity index (χ4v) is 1.94. The van der Waals surface area contributed by atoms with Crippen molar-refractivity contribution in [1.29, 1.82) is 0 Å². The monoisotopic (exact) mass is 278 g/mol. The molecule has 2 heterocycles. The molecule has 0 spiro atoms. The molecule has 0 saturated carbocycles. The van der Waals surface area contributed by atoms with Crippen molar-refractivity contribution in [3.8, 4) is 0 Å². The molecule has 0 amide bonds. The fraction of sp³-hybridized carbons (Fsp3) is 0. The zero-order chi connectivity index (χ0) is 13.8. The second-order valence-corrected chi connectivity index (χ2v) is 4.20. The zero-order valence-corrected chi connectivity index (χ0v) is 10.1. The van der Waals surface area contributed by atoms with E-state index in [1.807, 2.05) is 0 Å². The van der Waals surface area contributed by atoms with Crippen LogP contribution in [0.2, 0.25) is 0 Å². The normalized spacial score (nSPS) is 10.1. The van der Waals surface area contributed by atoms with Crippen LogP contribution in [0.25, 0.3) is 0 Å². The van der Waals surface area contributed by atoms with Gasteiger partial charge in [-0.05, 0) is 17.8 Å². The summed E-state index contributed by atoms with van der Waals surface area (Å²) in [4.78, 5) is 32.6. The van der Waals surface area contributed by atoms with Crippen LogP contribution in [0.15, 0.2) is 40.9 Å². The van der Waals surface area contributed by atoms with Crippen molar-refractivity contribution < 1.29 is 14.8 Å². The SMILES string of the molecule is O=C(O)c1cnc(Sc2ncccn2)c([N+](=O)[O-])c1. The first-order valence-corrected chi connectivity index (χ1v) is 5.72. The Kier molecular flexibility index (Phi) is 3.66. The first-order chi connectivity index (χ1) is 9.08. The van der Waals surface area contributed by atoms with Crippen LogP contribution in [0, 0.1) is 10.1 Å². The van der Waals surface area contributed by atoms with Crippen LogP contribution in [0.1, 0.15) is 10.4 Å². The molecule has 0 aromatic carbocycles. The molecule has 0 saturated heterocycles. The molecule has 9 heteroatoms. The van der Waals surface area contributed by atoms with Gasteiger partial charge in [0.15, 0.2) is 10.2 Å². The lowest BCUT2D eigenvalue weighted by Gasteiger charge is -2.01. The number of rotatable bonds is 4. The highest BCUT2D eigenvalue weighted by atomic mass is 32.2. The highest BCUT2D eigenvalue weighted by molar-refractivity contribution is 7.99. The van der Waals surface area contributed by atoms with Crippen molar-refractivity contribution in [1.82, 2.24) is 15.0 Å². The largest absolute Gasteiger partial charge is 0.478 e. The quantitative estimate of drug-likeness (QED) is 0.509. The molecule has 0 fully saturated rings.